The van der Waals surface area contributed by atoms with Crippen LogP contribution < -0.4 is 10.1 Å². The molecule has 2 aliphatic rings. The van der Waals surface area contributed by atoms with Gasteiger partial charge in [0.05, 0.1) is 7.11 Å². The molecule has 2 bridgehead atoms. The predicted octanol–water partition coefficient (Wildman–Crippen LogP) is 4.23. The Balaban J connectivity index is 1.67. The number of hydrogen-bond acceptors (Lipinski definition) is 3. The number of methoxy groups -OCH3 is 1. The maximum atomic E-state index is 5.33. The fraction of sp³-hybridized carbons (Fsp3) is 0.750. The van der Waals surface area contributed by atoms with E-state index in [9.17, 15) is 0 Å². The normalized spacial score (nSPS) is 30.7. The second-order valence-electron chi connectivity index (χ2n) is 6.17. The van der Waals surface area contributed by atoms with Crippen molar-refractivity contribution in [3.8, 4) is 5.75 Å². The fourth-order valence-electron chi connectivity index (χ4n) is 4.14. The molecule has 1 aromatic rings. The van der Waals surface area contributed by atoms with Gasteiger partial charge in [0.1, 0.15) is 5.75 Å². The van der Waals surface area contributed by atoms with Gasteiger partial charge in [-0.3, -0.25) is 0 Å². The molecule has 2 nitrogen and oxygen atoms in total. The summed E-state index contributed by atoms with van der Waals surface area (Å²) in [7, 11) is 1.75. The molecule has 2 aliphatic carbocycles. The maximum absolute atomic E-state index is 5.33. The lowest BCUT2D eigenvalue weighted by Crippen LogP contribution is -2.24. The van der Waals surface area contributed by atoms with Gasteiger partial charge in [0.15, 0.2) is 0 Å². The van der Waals surface area contributed by atoms with E-state index in [4.69, 9.17) is 4.74 Å². The minimum Gasteiger partial charge on any atom is -0.496 e. The summed E-state index contributed by atoms with van der Waals surface area (Å²) in [5.74, 6) is 4.04. The van der Waals surface area contributed by atoms with Crippen molar-refractivity contribution in [1.82, 2.24) is 5.32 Å². The zero-order valence-corrected chi connectivity index (χ0v) is 12.8. The minimum atomic E-state index is 0.531. The van der Waals surface area contributed by atoms with Gasteiger partial charge >= 0.3 is 0 Å². The second-order valence-corrected chi connectivity index (χ2v) is 7.11. The summed E-state index contributed by atoms with van der Waals surface area (Å²) >= 11 is 1.84. The molecule has 3 heteroatoms. The van der Waals surface area contributed by atoms with Crippen LogP contribution in [0.5, 0.6) is 5.75 Å². The van der Waals surface area contributed by atoms with Crippen LogP contribution in [-0.2, 0) is 0 Å². The summed E-state index contributed by atoms with van der Waals surface area (Å²) in [5.41, 5.74) is 0. The van der Waals surface area contributed by atoms with Gasteiger partial charge in [0, 0.05) is 16.3 Å². The molecule has 4 atom stereocenters. The smallest absolute Gasteiger partial charge is 0.129 e. The van der Waals surface area contributed by atoms with Gasteiger partial charge in [-0.1, -0.05) is 13.3 Å². The third-order valence-corrected chi connectivity index (χ3v) is 6.07. The summed E-state index contributed by atoms with van der Waals surface area (Å²) in [5, 5.41) is 5.80. The van der Waals surface area contributed by atoms with Gasteiger partial charge in [-0.25, -0.2) is 0 Å². The highest BCUT2D eigenvalue weighted by Crippen LogP contribution is 2.51. The third-order valence-electron chi connectivity index (χ3n) is 5.05. The lowest BCUT2D eigenvalue weighted by molar-refractivity contribution is 0.282. The standard InChI is InChI=1S/C16H25NOS/c1-3-17-15(16-9-14(18-2)10-19-16)8-13-7-11-4-5-12(13)6-11/h9-13,15,17H,3-8H2,1-2H3. The van der Waals surface area contributed by atoms with Crippen LogP contribution in [0.2, 0.25) is 0 Å². The number of rotatable bonds is 6. The molecule has 1 heterocycles. The van der Waals surface area contributed by atoms with Crippen LogP contribution in [0, 0.1) is 17.8 Å². The van der Waals surface area contributed by atoms with Crippen molar-refractivity contribution < 1.29 is 4.74 Å². The Morgan fingerprint density at radius 1 is 1.42 bits per heavy atom. The van der Waals surface area contributed by atoms with Gasteiger partial charge < -0.3 is 10.1 Å². The van der Waals surface area contributed by atoms with Crippen LogP contribution in [0.25, 0.3) is 0 Å². The number of hydrogen-bond donors (Lipinski definition) is 1. The summed E-state index contributed by atoms with van der Waals surface area (Å²) in [4.78, 5) is 1.45. The lowest BCUT2D eigenvalue weighted by atomic mass is 9.84. The van der Waals surface area contributed by atoms with Crippen molar-refractivity contribution in [1.29, 1.82) is 0 Å². The van der Waals surface area contributed by atoms with Crippen molar-refractivity contribution in [2.45, 2.75) is 45.1 Å². The minimum absolute atomic E-state index is 0.531. The van der Waals surface area contributed by atoms with E-state index in [-0.39, 0.29) is 0 Å². The highest BCUT2D eigenvalue weighted by atomic mass is 32.1. The molecule has 19 heavy (non-hydrogen) atoms. The molecular formula is C16H25NOS. The van der Waals surface area contributed by atoms with Crippen LogP contribution in [0.3, 0.4) is 0 Å². The summed E-state index contributed by atoms with van der Waals surface area (Å²) in [6, 6.07) is 2.74. The molecule has 1 aromatic heterocycles. The highest BCUT2D eigenvalue weighted by molar-refractivity contribution is 7.10. The molecule has 2 fully saturated rings. The molecule has 4 unspecified atom stereocenters. The molecular weight excluding hydrogens is 254 g/mol. The van der Waals surface area contributed by atoms with E-state index in [1.165, 1.54) is 37.0 Å². The van der Waals surface area contributed by atoms with Crippen molar-refractivity contribution in [2.24, 2.45) is 17.8 Å². The SMILES string of the molecule is CCNC(CC1CC2CCC1C2)c1cc(OC)cs1. The van der Waals surface area contributed by atoms with Crippen molar-refractivity contribution >= 4 is 11.3 Å². The fourth-order valence-corrected chi connectivity index (χ4v) is 5.08. The van der Waals surface area contributed by atoms with Crippen LogP contribution in [-0.4, -0.2) is 13.7 Å². The first-order chi connectivity index (χ1) is 9.30. The number of nitrogens with one attached hydrogen (secondary N) is 1. The second kappa shape index (κ2) is 5.84. The zero-order valence-electron chi connectivity index (χ0n) is 12.0. The van der Waals surface area contributed by atoms with E-state index < -0.39 is 0 Å². The van der Waals surface area contributed by atoms with E-state index in [0.29, 0.717) is 6.04 Å². The first-order valence-electron chi connectivity index (χ1n) is 7.66. The van der Waals surface area contributed by atoms with Gasteiger partial charge in [-0.15, -0.1) is 11.3 Å². The van der Waals surface area contributed by atoms with Crippen LogP contribution >= 0.6 is 11.3 Å². The van der Waals surface area contributed by atoms with Gasteiger partial charge in [-0.2, -0.15) is 0 Å². The summed E-state index contributed by atoms with van der Waals surface area (Å²) < 4.78 is 5.33. The van der Waals surface area contributed by atoms with Crippen LogP contribution in [0.4, 0.5) is 0 Å². The Morgan fingerprint density at radius 2 is 2.32 bits per heavy atom. The molecule has 106 valence electrons. The zero-order chi connectivity index (χ0) is 13.2. The average Bonchev–Trinajstić information content (AvgIpc) is 3.14. The van der Waals surface area contributed by atoms with Gasteiger partial charge in [0.25, 0.3) is 0 Å². The quantitative estimate of drug-likeness (QED) is 0.841. The molecule has 0 amide bonds. The predicted molar refractivity (Wildman–Crippen MR) is 80.8 cm³/mol. The topological polar surface area (TPSA) is 21.3 Å². The Kier molecular flexibility index (Phi) is 4.13. The molecule has 2 saturated carbocycles. The number of fused-ring (bicyclic) bond motifs is 2. The molecule has 0 spiro atoms. The molecule has 0 aliphatic heterocycles. The number of ether oxygens (including phenoxy) is 1. The Morgan fingerprint density at radius 3 is 2.89 bits per heavy atom. The van der Waals surface area contributed by atoms with Crippen LogP contribution in [0.1, 0.15) is 49.9 Å². The van der Waals surface area contributed by atoms with E-state index in [1.54, 1.807) is 7.11 Å². The largest absolute Gasteiger partial charge is 0.496 e. The van der Waals surface area contributed by atoms with E-state index in [2.05, 4.69) is 23.7 Å². The first kappa shape index (κ1) is 13.4. The first-order valence-corrected chi connectivity index (χ1v) is 8.54. The van der Waals surface area contributed by atoms with E-state index in [1.807, 2.05) is 11.3 Å². The summed E-state index contributed by atoms with van der Waals surface area (Å²) in [6.45, 7) is 3.25. The van der Waals surface area contributed by atoms with Crippen molar-refractivity contribution in [3.05, 3.63) is 16.3 Å². The maximum Gasteiger partial charge on any atom is 0.129 e. The van der Waals surface area contributed by atoms with Crippen LogP contribution in [0.15, 0.2) is 11.4 Å². The molecule has 0 aromatic carbocycles. The Labute approximate surface area is 120 Å². The Bertz CT molecular complexity index is 417. The van der Waals surface area contributed by atoms with Crippen molar-refractivity contribution in [2.75, 3.05) is 13.7 Å². The van der Waals surface area contributed by atoms with Crippen molar-refractivity contribution in [3.63, 3.8) is 0 Å². The van der Waals surface area contributed by atoms with Gasteiger partial charge in [0.2, 0.25) is 0 Å². The Hall–Kier alpha value is -0.540. The average molecular weight is 279 g/mol. The van der Waals surface area contributed by atoms with E-state index in [0.717, 1.165) is 30.0 Å². The third kappa shape index (κ3) is 2.82. The molecule has 1 N–H and O–H groups in total. The van der Waals surface area contributed by atoms with E-state index >= 15 is 0 Å². The lowest BCUT2D eigenvalue weighted by Gasteiger charge is -2.26. The number of thiophene rings is 1. The monoisotopic (exact) mass is 279 g/mol. The molecule has 0 saturated heterocycles. The highest BCUT2D eigenvalue weighted by Gasteiger charge is 2.40. The summed E-state index contributed by atoms with van der Waals surface area (Å²) in [6.07, 6.45) is 7.30. The molecule has 3 rings (SSSR count). The molecule has 0 radical (unpaired) electrons. The van der Waals surface area contributed by atoms with Gasteiger partial charge in [-0.05, 0) is 56.0 Å².